The van der Waals surface area contributed by atoms with Gasteiger partial charge in [-0.05, 0) is 55.5 Å². The molecule has 0 saturated heterocycles. The van der Waals surface area contributed by atoms with E-state index in [1.54, 1.807) is 12.1 Å². The number of nitrogens with one attached hydrogen (secondary N) is 1. The van der Waals surface area contributed by atoms with Crippen LogP contribution in [0.1, 0.15) is 35.5 Å². The summed E-state index contributed by atoms with van der Waals surface area (Å²) >= 11 is 1.38. The largest absolute Gasteiger partial charge is 0.334 e. The van der Waals surface area contributed by atoms with Crippen LogP contribution in [0, 0.1) is 11.9 Å². The fraction of sp³-hybridized carbons (Fsp3) is 0.250. The van der Waals surface area contributed by atoms with Crippen LogP contribution in [0.15, 0.2) is 53.8 Å². The van der Waals surface area contributed by atoms with Gasteiger partial charge >= 0.3 is 0 Å². The van der Waals surface area contributed by atoms with Crippen molar-refractivity contribution in [3.8, 4) is 0 Å². The minimum Gasteiger partial charge on any atom is -0.334 e. The molecule has 32 heavy (non-hydrogen) atoms. The van der Waals surface area contributed by atoms with E-state index in [0.29, 0.717) is 17.1 Å². The minimum atomic E-state index is -0.515. The zero-order valence-electron chi connectivity index (χ0n) is 17.4. The van der Waals surface area contributed by atoms with E-state index in [-0.39, 0.29) is 11.8 Å². The van der Waals surface area contributed by atoms with Crippen molar-refractivity contribution in [1.82, 2.24) is 19.5 Å². The molecule has 1 aliphatic heterocycles. The number of hydrogen-bond acceptors (Lipinski definition) is 5. The molecule has 162 valence electrons. The Morgan fingerprint density at radius 3 is 3.16 bits per heavy atom. The summed E-state index contributed by atoms with van der Waals surface area (Å²) in [4.78, 5) is 25.4. The Bertz CT molecular complexity index is 1240. The second-order valence-electron chi connectivity index (χ2n) is 7.90. The van der Waals surface area contributed by atoms with Crippen molar-refractivity contribution in [1.29, 1.82) is 0 Å². The molecule has 0 saturated carbocycles. The summed E-state index contributed by atoms with van der Waals surface area (Å²) in [6.07, 6.45) is 16.9. The minimum absolute atomic E-state index is 0.108. The monoisotopic (exact) mass is 447 g/mol. The van der Waals surface area contributed by atoms with Gasteiger partial charge in [-0.3, -0.25) is 10.1 Å². The van der Waals surface area contributed by atoms with Gasteiger partial charge in [0, 0.05) is 35.3 Å². The number of fused-ring (bicyclic) bond motifs is 1. The number of carbonyl (C=O) groups is 1. The van der Waals surface area contributed by atoms with Gasteiger partial charge in [-0.15, -0.1) is 11.3 Å². The molecule has 0 spiro atoms. The first kappa shape index (κ1) is 20.5. The highest BCUT2D eigenvalue weighted by Crippen LogP contribution is 2.26. The first-order valence-electron chi connectivity index (χ1n) is 10.6. The topological polar surface area (TPSA) is 72.7 Å². The van der Waals surface area contributed by atoms with E-state index in [2.05, 4.69) is 24.8 Å². The number of rotatable bonds is 6. The van der Waals surface area contributed by atoms with Crippen molar-refractivity contribution in [2.45, 2.75) is 32.2 Å². The van der Waals surface area contributed by atoms with Crippen molar-refractivity contribution in [2.24, 2.45) is 5.92 Å². The van der Waals surface area contributed by atoms with Crippen molar-refractivity contribution >= 4 is 34.5 Å². The third-order valence-electron chi connectivity index (χ3n) is 5.72. The van der Waals surface area contributed by atoms with E-state index >= 15 is 0 Å². The molecular weight excluding hydrogens is 425 g/mol. The average molecular weight is 448 g/mol. The van der Waals surface area contributed by atoms with E-state index in [9.17, 15) is 9.18 Å². The van der Waals surface area contributed by atoms with Gasteiger partial charge in [0.05, 0.1) is 17.7 Å². The first-order chi connectivity index (χ1) is 15.7. The van der Waals surface area contributed by atoms with Crippen LogP contribution in [0.3, 0.4) is 0 Å². The standard InChI is InChI=1S/C24H22FN5OS/c25-22-13-16(9-10-26-22)12-17-4-3-5-19(17)23(31)29-24-28-18(14-32-24)7-8-20-21-6-1-2-11-30(21)15-27-20/h3-5,7-10,13-15,17H,1-2,6,11-12H2,(H,28,29,31)/b8-7+. The molecular formula is C24H22FN5OS. The molecule has 0 fully saturated rings. The predicted octanol–water partition coefficient (Wildman–Crippen LogP) is 4.67. The maximum atomic E-state index is 13.4. The maximum absolute atomic E-state index is 13.4. The molecule has 4 heterocycles. The zero-order valence-corrected chi connectivity index (χ0v) is 18.2. The number of nitrogens with zero attached hydrogens (tertiary/aromatic N) is 4. The number of aryl methyl sites for hydroxylation is 1. The van der Waals surface area contributed by atoms with E-state index < -0.39 is 5.95 Å². The first-order valence-corrected chi connectivity index (χ1v) is 11.5. The highest BCUT2D eigenvalue weighted by atomic mass is 32.1. The lowest BCUT2D eigenvalue weighted by molar-refractivity contribution is -0.113. The Balaban J connectivity index is 1.22. The Morgan fingerprint density at radius 2 is 2.25 bits per heavy atom. The molecule has 0 aromatic carbocycles. The normalized spacial score (nSPS) is 17.5. The van der Waals surface area contributed by atoms with E-state index in [1.165, 1.54) is 42.1 Å². The lowest BCUT2D eigenvalue weighted by Crippen LogP contribution is -2.19. The summed E-state index contributed by atoms with van der Waals surface area (Å²) in [6.45, 7) is 1.03. The molecule has 1 N–H and O–H groups in total. The van der Waals surface area contributed by atoms with Crippen LogP contribution >= 0.6 is 11.3 Å². The smallest absolute Gasteiger partial charge is 0.253 e. The summed E-state index contributed by atoms with van der Waals surface area (Å²) in [5.41, 5.74) is 4.48. The summed E-state index contributed by atoms with van der Waals surface area (Å²) in [5, 5.41) is 5.35. The Morgan fingerprint density at radius 1 is 1.31 bits per heavy atom. The van der Waals surface area contributed by atoms with Gasteiger partial charge in [-0.1, -0.05) is 18.2 Å². The Labute approximate surface area is 189 Å². The molecule has 1 amide bonds. The van der Waals surface area contributed by atoms with Gasteiger partial charge in [-0.25, -0.2) is 15.0 Å². The molecule has 0 bridgehead atoms. The molecule has 1 aliphatic carbocycles. The second-order valence-corrected chi connectivity index (χ2v) is 8.75. The Kier molecular flexibility index (Phi) is 5.77. The van der Waals surface area contributed by atoms with E-state index in [1.807, 2.05) is 36.0 Å². The lowest BCUT2D eigenvalue weighted by atomic mass is 9.94. The molecule has 6 nitrogen and oxygen atoms in total. The van der Waals surface area contributed by atoms with Crippen molar-refractivity contribution < 1.29 is 9.18 Å². The number of pyridine rings is 1. The average Bonchev–Trinajstić information content (AvgIpc) is 3.52. The number of aromatic nitrogens is 4. The molecule has 3 aromatic rings. The summed E-state index contributed by atoms with van der Waals surface area (Å²) in [5.74, 6) is -0.815. The fourth-order valence-corrected chi connectivity index (χ4v) is 4.79. The quantitative estimate of drug-likeness (QED) is 0.557. The van der Waals surface area contributed by atoms with Gasteiger partial charge in [-0.2, -0.15) is 4.39 Å². The lowest BCUT2D eigenvalue weighted by Gasteiger charge is -2.14. The number of halogens is 1. The highest BCUT2D eigenvalue weighted by molar-refractivity contribution is 7.14. The number of thiazole rings is 1. The third kappa shape index (κ3) is 4.45. The molecule has 0 radical (unpaired) electrons. The van der Waals surface area contributed by atoms with Crippen molar-refractivity contribution in [2.75, 3.05) is 5.32 Å². The van der Waals surface area contributed by atoms with Gasteiger partial charge in [0.15, 0.2) is 5.13 Å². The third-order valence-corrected chi connectivity index (χ3v) is 6.50. The number of hydrogen-bond donors (Lipinski definition) is 1. The van der Waals surface area contributed by atoms with Crippen molar-refractivity contribution in [3.63, 3.8) is 0 Å². The number of amides is 1. The Hall–Kier alpha value is -3.39. The molecule has 5 rings (SSSR count). The van der Waals surface area contributed by atoms with Gasteiger partial charge in [0.1, 0.15) is 0 Å². The van der Waals surface area contributed by atoms with Gasteiger partial charge in [0.2, 0.25) is 5.95 Å². The summed E-state index contributed by atoms with van der Waals surface area (Å²) < 4.78 is 15.6. The summed E-state index contributed by atoms with van der Waals surface area (Å²) in [7, 11) is 0. The number of allylic oxidation sites excluding steroid dienone is 3. The van der Waals surface area contributed by atoms with Gasteiger partial charge < -0.3 is 4.57 Å². The van der Waals surface area contributed by atoms with E-state index in [4.69, 9.17) is 0 Å². The van der Waals surface area contributed by atoms with Crippen LogP contribution in [-0.2, 0) is 24.2 Å². The second kappa shape index (κ2) is 9.00. The predicted molar refractivity (Wildman–Crippen MR) is 123 cm³/mol. The fourth-order valence-electron chi connectivity index (χ4n) is 4.12. The van der Waals surface area contributed by atoms with Crippen LogP contribution in [-0.4, -0.2) is 25.4 Å². The van der Waals surface area contributed by atoms with E-state index in [0.717, 1.165) is 29.9 Å². The molecule has 1 atom stereocenters. The van der Waals surface area contributed by atoms with Crippen LogP contribution in [0.4, 0.5) is 9.52 Å². The van der Waals surface area contributed by atoms with Crippen molar-refractivity contribution in [3.05, 3.63) is 82.4 Å². The molecule has 3 aromatic heterocycles. The number of anilines is 1. The maximum Gasteiger partial charge on any atom is 0.253 e. The highest BCUT2D eigenvalue weighted by Gasteiger charge is 2.23. The molecule has 8 heteroatoms. The number of carbonyl (C=O) groups excluding carboxylic acids is 1. The summed E-state index contributed by atoms with van der Waals surface area (Å²) in [6, 6.07) is 3.17. The van der Waals surface area contributed by atoms with Crippen LogP contribution in [0.5, 0.6) is 0 Å². The van der Waals surface area contributed by atoms with Crippen LogP contribution in [0.2, 0.25) is 0 Å². The van der Waals surface area contributed by atoms with Crippen LogP contribution in [0.25, 0.3) is 12.2 Å². The van der Waals surface area contributed by atoms with Crippen LogP contribution < -0.4 is 5.32 Å². The molecule has 2 aliphatic rings. The SMILES string of the molecule is O=C(Nc1nc(/C=C/c2ncn3c2CCCC3)cs1)C1=CC=CC1Cc1ccnc(F)c1. The van der Waals surface area contributed by atoms with Gasteiger partial charge in [0.25, 0.3) is 5.91 Å². The molecule has 1 unspecified atom stereocenters. The number of imidazole rings is 1. The zero-order chi connectivity index (χ0) is 21.9.